The van der Waals surface area contributed by atoms with Crippen LogP contribution < -0.4 is 5.32 Å². The van der Waals surface area contributed by atoms with Crippen LogP contribution in [0.25, 0.3) is 0 Å². The van der Waals surface area contributed by atoms with Gasteiger partial charge in [0.1, 0.15) is 0 Å². The van der Waals surface area contributed by atoms with Crippen molar-refractivity contribution in [3.05, 3.63) is 22.4 Å². The monoisotopic (exact) mass is 225 g/mol. The van der Waals surface area contributed by atoms with Crippen molar-refractivity contribution in [2.45, 2.75) is 19.3 Å². The van der Waals surface area contributed by atoms with Crippen LogP contribution in [0, 0.1) is 5.41 Å². The lowest BCUT2D eigenvalue weighted by molar-refractivity contribution is -0.00582. The molecule has 0 radical (unpaired) electrons. The lowest BCUT2D eigenvalue weighted by Gasteiger charge is -2.36. The zero-order valence-corrected chi connectivity index (χ0v) is 10.1. The lowest BCUT2D eigenvalue weighted by Crippen LogP contribution is -2.41. The molecule has 84 valence electrons. The van der Waals surface area contributed by atoms with Gasteiger partial charge in [0.2, 0.25) is 0 Å². The second-order valence-electron chi connectivity index (χ2n) is 4.44. The fraction of sp³-hybridized carbons (Fsp3) is 0.667. The number of ether oxygens (including phenoxy) is 1. The van der Waals surface area contributed by atoms with Gasteiger partial charge in [-0.25, -0.2) is 0 Å². The molecule has 2 rings (SSSR count). The van der Waals surface area contributed by atoms with E-state index < -0.39 is 0 Å². The molecule has 2 nitrogen and oxygen atoms in total. The predicted octanol–water partition coefficient (Wildman–Crippen LogP) is 2.31. The molecule has 1 N–H and O–H groups in total. The maximum atomic E-state index is 5.65. The zero-order chi connectivity index (χ0) is 10.6. The lowest BCUT2D eigenvalue weighted by atomic mass is 9.79. The summed E-state index contributed by atoms with van der Waals surface area (Å²) < 4.78 is 5.65. The van der Waals surface area contributed by atoms with Gasteiger partial charge in [-0.1, -0.05) is 6.07 Å². The van der Waals surface area contributed by atoms with Crippen LogP contribution in [-0.4, -0.2) is 26.8 Å². The Balaban J connectivity index is 2.04. The molecular weight excluding hydrogens is 206 g/mol. The van der Waals surface area contributed by atoms with E-state index in [1.165, 1.54) is 17.7 Å². The van der Waals surface area contributed by atoms with Crippen molar-refractivity contribution in [3.8, 4) is 0 Å². The quantitative estimate of drug-likeness (QED) is 0.849. The van der Waals surface area contributed by atoms with E-state index in [2.05, 4.69) is 22.8 Å². The fourth-order valence-electron chi connectivity index (χ4n) is 2.41. The van der Waals surface area contributed by atoms with Crippen molar-refractivity contribution in [3.63, 3.8) is 0 Å². The SMILES string of the molecule is CNCC1(Cc2cccs2)CCCOC1. The van der Waals surface area contributed by atoms with E-state index in [4.69, 9.17) is 4.74 Å². The first kappa shape index (κ1) is 11.1. The maximum Gasteiger partial charge on any atom is 0.0538 e. The van der Waals surface area contributed by atoms with Crippen molar-refractivity contribution >= 4 is 11.3 Å². The molecule has 2 heterocycles. The second kappa shape index (κ2) is 5.10. The topological polar surface area (TPSA) is 21.3 Å². The fourth-order valence-corrected chi connectivity index (χ4v) is 3.29. The first-order valence-electron chi connectivity index (χ1n) is 5.59. The molecule has 3 heteroatoms. The molecule has 1 aliphatic heterocycles. The summed E-state index contributed by atoms with van der Waals surface area (Å²) in [6.45, 7) is 2.91. The maximum absolute atomic E-state index is 5.65. The zero-order valence-electron chi connectivity index (χ0n) is 9.29. The van der Waals surface area contributed by atoms with Crippen molar-refractivity contribution < 1.29 is 4.74 Å². The number of hydrogen-bond donors (Lipinski definition) is 1. The molecule has 1 aromatic rings. The van der Waals surface area contributed by atoms with Crippen LogP contribution in [0.1, 0.15) is 17.7 Å². The Kier molecular flexibility index (Phi) is 3.78. The average Bonchev–Trinajstić information content (AvgIpc) is 2.72. The van der Waals surface area contributed by atoms with Crippen molar-refractivity contribution in [1.29, 1.82) is 0 Å². The van der Waals surface area contributed by atoms with Gasteiger partial charge in [-0.2, -0.15) is 0 Å². The first-order valence-corrected chi connectivity index (χ1v) is 6.47. The highest BCUT2D eigenvalue weighted by Gasteiger charge is 2.32. The summed E-state index contributed by atoms with van der Waals surface area (Å²) >= 11 is 1.86. The Morgan fingerprint density at radius 2 is 2.53 bits per heavy atom. The molecule has 1 aliphatic rings. The molecule has 1 saturated heterocycles. The van der Waals surface area contributed by atoms with E-state index in [0.717, 1.165) is 26.2 Å². The standard InChI is InChI=1S/C12H19NOS/c1-13-9-12(5-3-6-14-10-12)8-11-4-2-7-15-11/h2,4,7,13H,3,5-6,8-10H2,1H3. The Labute approximate surface area is 95.6 Å². The third-order valence-electron chi connectivity index (χ3n) is 3.09. The van der Waals surface area contributed by atoms with Crippen LogP contribution in [0.5, 0.6) is 0 Å². The van der Waals surface area contributed by atoms with E-state index in [1.807, 2.05) is 18.4 Å². The Bertz CT molecular complexity index is 272. The molecule has 1 unspecified atom stereocenters. The second-order valence-corrected chi connectivity index (χ2v) is 5.47. The molecule has 0 saturated carbocycles. The summed E-state index contributed by atoms with van der Waals surface area (Å²) in [7, 11) is 2.03. The van der Waals surface area contributed by atoms with Crippen LogP contribution in [0.2, 0.25) is 0 Å². The molecule has 15 heavy (non-hydrogen) atoms. The van der Waals surface area contributed by atoms with Gasteiger partial charge >= 0.3 is 0 Å². The highest BCUT2D eigenvalue weighted by Crippen LogP contribution is 2.33. The largest absolute Gasteiger partial charge is 0.381 e. The van der Waals surface area contributed by atoms with E-state index in [-0.39, 0.29) is 0 Å². The van der Waals surface area contributed by atoms with Gasteiger partial charge in [0.25, 0.3) is 0 Å². The molecule has 0 aromatic carbocycles. The minimum atomic E-state index is 0.331. The summed E-state index contributed by atoms with van der Waals surface area (Å²) in [5.41, 5.74) is 0.331. The van der Waals surface area contributed by atoms with Crippen LogP contribution in [0.15, 0.2) is 17.5 Å². The third-order valence-corrected chi connectivity index (χ3v) is 3.96. The van der Waals surface area contributed by atoms with Gasteiger partial charge < -0.3 is 10.1 Å². The van der Waals surface area contributed by atoms with E-state index in [1.54, 1.807) is 0 Å². The van der Waals surface area contributed by atoms with Gasteiger partial charge in [-0.15, -0.1) is 11.3 Å². The number of nitrogens with one attached hydrogen (secondary N) is 1. The Hall–Kier alpha value is -0.380. The van der Waals surface area contributed by atoms with E-state index in [0.29, 0.717) is 5.41 Å². The Morgan fingerprint density at radius 1 is 1.60 bits per heavy atom. The molecule has 0 amide bonds. The van der Waals surface area contributed by atoms with Crippen LogP contribution in [-0.2, 0) is 11.2 Å². The molecule has 0 aliphatic carbocycles. The van der Waals surface area contributed by atoms with Gasteiger partial charge in [0.15, 0.2) is 0 Å². The van der Waals surface area contributed by atoms with Crippen molar-refractivity contribution in [1.82, 2.24) is 5.32 Å². The van der Waals surface area contributed by atoms with Gasteiger partial charge in [0, 0.05) is 23.4 Å². The van der Waals surface area contributed by atoms with Crippen LogP contribution in [0.4, 0.5) is 0 Å². The highest BCUT2D eigenvalue weighted by molar-refractivity contribution is 7.09. The van der Waals surface area contributed by atoms with Gasteiger partial charge in [-0.3, -0.25) is 0 Å². The summed E-state index contributed by atoms with van der Waals surface area (Å²) in [5.74, 6) is 0. The molecule has 1 atom stereocenters. The molecule has 1 aromatic heterocycles. The van der Waals surface area contributed by atoms with E-state index in [9.17, 15) is 0 Å². The molecule has 0 spiro atoms. The average molecular weight is 225 g/mol. The minimum Gasteiger partial charge on any atom is -0.381 e. The predicted molar refractivity (Wildman–Crippen MR) is 64.4 cm³/mol. The van der Waals surface area contributed by atoms with Crippen molar-refractivity contribution in [2.24, 2.45) is 5.41 Å². The molecule has 1 fully saturated rings. The minimum absolute atomic E-state index is 0.331. The molecular formula is C12H19NOS. The van der Waals surface area contributed by atoms with Gasteiger partial charge in [-0.05, 0) is 37.8 Å². The van der Waals surface area contributed by atoms with Crippen LogP contribution >= 0.6 is 11.3 Å². The van der Waals surface area contributed by atoms with Crippen molar-refractivity contribution in [2.75, 3.05) is 26.8 Å². The van der Waals surface area contributed by atoms with E-state index >= 15 is 0 Å². The molecule has 0 bridgehead atoms. The summed E-state index contributed by atoms with van der Waals surface area (Å²) in [4.78, 5) is 1.48. The summed E-state index contributed by atoms with van der Waals surface area (Å²) in [6.07, 6.45) is 3.64. The normalized spacial score (nSPS) is 26.7. The smallest absolute Gasteiger partial charge is 0.0538 e. The highest BCUT2D eigenvalue weighted by atomic mass is 32.1. The number of rotatable bonds is 4. The number of hydrogen-bond acceptors (Lipinski definition) is 3. The summed E-state index contributed by atoms with van der Waals surface area (Å²) in [5, 5.41) is 5.47. The number of thiophene rings is 1. The summed E-state index contributed by atoms with van der Waals surface area (Å²) in [6, 6.07) is 4.37. The third kappa shape index (κ3) is 2.80. The van der Waals surface area contributed by atoms with Crippen LogP contribution in [0.3, 0.4) is 0 Å². The first-order chi connectivity index (χ1) is 7.35. The van der Waals surface area contributed by atoms with Gasteiger partial charge in [0.05, 0.1) is 6.61 Å². The Morgan fingerprint density at radius 3 is 3.13 bits per heavy atom.